The lowest BCUT2D eigenvalue weighted by molar-refractivity contribution is -0.121. The topological polar surface area (TPSA) is 109 Å². The smallest absolute Gasteiger partial charge is 0.287 e. The SMILES string of the molecule is O=C(CCCN1C(=O)c2ccccc2C1=O)NCCNC(=O)c1ccc(Br)o1. The van der Waals surface area contributed by atoms with Crippen LogP contribution < -0.4 is 10.6 Å². The van der Waals surface area contributed by atoms with Gasteiger partial charge >= 0.3 is 0 Å². The van der Waals surface area contributed by atoms with Crippen molar-refractivity contribution in [3.05, 3.63) is 58.0 Å². The van der Waals surface area contributed by atoms with Crippen LogP contribution in [0.3, 0.4) is 0 Å². The summed E-state index contributed by atoms with van der Waals surface area (Å²) in [4.78, 5) is 49.3. The first-order valence-electron chi connectivity index (χ1n) is 8.73. The molecule has 1 aliphatic rings. The maximum atomic E-state index is 12.2. The highest BCUT2D eigenvalue weighted by Crippen LogP contribution is 2.22. The van der Waals surface area contributed by atoms with Crippen molar-refractivity contribution in [2.45, 2.75) is 12.8 Å². The van der Waals surface area contributed by atoms with E-state index >= 15 is 0 Å². The van der Waals surface area contributed by atoms with E-state index in [9.17, 15) is 19.2 Å². The molecule has 1 aromatic carbocycles. The summed E-state index contributed by atoms with van der Waals surface area (Å²) in [5.74, 6) is -1.06. The second kappa shape index (κ2) is 8.83. The molecule has 4 amide bonds. The number of hydrogen-bond donors (Lipinski definition) is 2. The third-order valence-corrected chi connectivity index (χ3v) is 4.62. The van der Waals surface area contributed by atoms with Gasteiger partial charge in [0.05, 0.1) is 11.1 Å². The van der Waals surface area contributed by atoms with Gasteiger partial charge in [0, 0.05) is 26.1 Å². The summed E-state index contributed by atoms with van der Waals surface area (Å²) < 4.78 is 5.59. The van der Waals surface area contributed by atoms with E-state index in [1.807, 2.05) is 0 Å². The second-order valence-corrected chi connectivity index (χ2v) is 6.90. The lowest BCUT2D eigenvalue weighted by atomic mass is 10.1. The van der Waals surface area contributed by atoms with Crippen molar-refractivity contribution in [2.24, 2.45) is 0 Å². The largest absolute Gasteiger partial charge is 0.444 e. The van der Waals surface area contributed by atoms with Crippen LogP contribution in [-0.4, -0.2) is 48.2 Å². The Kier molecular flexibility index (Phi) is 6.25. The third-order valence-electron chi connectivity index (χ3n) is 4.19. The van der Waals surface area contributed by atoms with E-state index < -0.39 is 0 Å². The van der Waals surface area contributed by atoms with Gasteiger partial charge in [-0.1, -0.05) is 12.1 Å². The molecule has 8 nitrogen and oxygen atoms in total. The van der Waals surface area contributed by atoms with Crippen molar-refractivity contribution in [3.63, 3.8) is 0 Å². The minimum Gasteiger partial charge on any atom is -0.444 e. The number of carbonyl (C=O) groups is 4. The normalized spacial score (nSPS) is 12.8. The zero-order valence-corrected chi connectivity index (χ0v) is 16.5. The van der Waals surface area contributed by atoms with E-state index in [0.717, 1.165) is 0 Å². The number of furan rings is 1. The average Bonchev–Trinajstić information content (AvgIpc) is 3.22. The Balaban J connectivity index is 1.34. The number of amides is 4. The third kappa shape index (κ3) is 4.48. The van der Waals surface area contributed by atoms with Gasteiger partial charge in [-0.15, -0.1) is 0 Å². The molecule has 2 N–H and O–H groups in total. The first-order valence-corrected chi connectivity index (χ1v) is 9.52. The van der Waals surface area contributed by atoms with Gasteiger partial charge in [0.1, 0.15) is 0 Å². The first-order chi connectivity index (χ1) is 13.5. The van der Waals surface area contributed by atoms with Crippen LogP contribution in [0.25, 0.3) is 0 Å². The molecular weight excluding hydrogens is 430 g/mol. The summed E-state index contributed by atoms with van der Waals surface area (Å²) in [6.07, 6.45) is 0.538. The Morgan fingerprint density at radius 1 is 0.964 bits per heavy atom. The number of rotatable bonds is 8. The quantitative estimate of drug-likeness (QED) is 0.474. The Morgan fingerprint density at radius 2 is 1.61 bits per heavy atom. The summed E-state index contributed by atoms with van der Waals surface area (Å²) >= 11 is 3.12. The minimum atomic E-state index is -0.370. The van der Waals surface area contributed by atoms with Gasteiger partial charge < -0.3 is 15.1 Å². The lowest BCUT2D eigenvalue weighted by Crippen LogP contribution is -2.35. The Morgan fingerprint density at radius 3 is 2.21 bits per heavy atom. The highest BCUT2D eigenvalue weighted by Gasteiger charge is 2.34. The van der Waals surface area contributed by atoms with Crippen LogP contribution in [0.1, 0.15) is 44.1 Å². The van der Waals surface area contributed by atoms with Crippen molar-refractivity contribution < 1.29 is 23.6 Å². The van der Waals surface area contributed by atoms with Gasteiger partial charge in [-0.3, -0.25) is 24.1 Å². The van der Waals surface area contributed by atoms with Crippen molar-refractivity contribution in [3.8, 4) is 0 Å². The van der Waals surface area contributed by atoms with E-state index in [0.29, 0.717) is 22.2 Å². The molecule has 1 aromatic heterocycles. The number of hydrogen-bond acceptors (Lipinski definition) is 5. The van der Waals surface area contributed by atoms with Crippen LogP contribution in [0.2, 0.25) is 0 Å². The predicted octanol–water partition coefficient (Wildman–Crippen LogP) is 1.96. The van der Waals surface area contributed by atoms with Gasteiger partial charge in [0.15, 0.2) is 10.4 Å². The molecule has 0 atom stereocenters. The molecule has 0 fully saturated rings. The molecule has 2 aromatic rings. The van der Waals surface area contributed by atoms with Crippen LogP contribution in [0.15, 0.2) is 45.5 Å². The molecule has 0 aliphatic carbocycles. The monoisotopic (exact) mass is 447 g/mol. The molecule has 9 heteroatoms. The number of fused-ring (bicyclic) bond motifs is 1. The van der Waals surface area contributed by atoms with E-state index in [4.69, 9.17) is 4.42 Å². The number of halogens is 1. The zero-order valence-electron chi connectivity index (χ0n) is 14.9. The van der Waals surface area contributed by atoms with Crippen molar-refractivity contribution in [1.82, 2.24) is 15.5 Å². The molecule has 2 heterocycles. The number of carbonyl (C=O) groups excluding carboxylic acids is 4. The second-order valence-electron chi connectivity index (χ2n) is 6.12. The van der Waals surface area contributed by atoms with Gasteiger partial charge in [0.2, 0.25) is 5.91 Å². The van der Waals surface area contributed by atoms with Crippen LogP contribution in [0.5, 0.6) is 0 Å². The van der Waals surface area contributed by atoms with E-state index in [1.165, 1.54) is 11.0 Å². The minimum absolute atomic E-state index is 0.173. The lowest BCUT2D eigenvalue weighted by Gasteiger charge is -2.13. The number of benzene rings is 1. The molecule has 0 unspecified atom stereocenters. The number of nitrogens with one attached hydrogen (secondary N) is 2. The molecule has 0 bridgehead atoms. The molecule has 3 rings (SSSR count). The maximum Gasteiger partial charge on any atom is 0.287 e. The van der Waals surface area contributed by atoms with Crippen molar-refractivity contribution in [2.75, 3.05) is 19.6 Å². The summed E-state index contributed by atoms with van der Waals surface area (Å²) in [5, 5.41) is 5.30. The molecule has 0 radical (unpaired) electrons. The summed E-state index contributed by atoms with van der Waals surface area (Å²) in [7, 11) is 0. The number of imide groups is 1. The molecule has 0 saturated carbocycles. The van der Waals surface area contributed by atoms with Crippen molar-refractivity contribution in [1.29, 1.82) is 0 Å². The van der Waals surface area contributed by atoms with Gasteiger partial charge in [-0.2, -0.15) is 0 Å². The fourth-order valence-corrected chi connectivity index (χ4v) is 3.14. The highest BCUT2D eigenvalue weighted by atomic mass is 79.9. The molecule has 0 saturated heterocycles. The molecule has 146 valence electrons. The molecule has 28 heavy (non-hydrogen) atoms. The predicted molar refractivity (Wildman–Crippen MR) is 103 cm³/mol. The van der Waals surface area contributed by atoms with E-state index in [2.05, 4.69) is 26.6 Å². The van der Waals surface area contributed by atoms with Gasteiger partial charge in [-0.25, -0.2) is 0 Å². The number of nitrogens with zero attached hydrogens (tertiary/aromatic N) is 1. The van der Waals surface area contributed by atoms with Gasteiger partial charge in [-0.05, 0) is 46.6 Å². The maximum absolute atomic E-state index is 12.2. The van der Waals surface area contributed by atoms with Gasteiger partial charge in [0.25, 0.3) is 17.7 Å². The summed E-state index contributed by atoms with van der Waals surface area (Å²) in [6.45, 7) is 0.699. The summed E-state index contributed by atoms with van der Waals surface area (Å²) in [6, 6.07) is 9.83. The molecule has 1 aliphatic heterocycles. The first kappa shape index (κ1) is 19.8. The standard InChI is InChI=1S/C19H18BrN3O5/c20-15-8-7-14(28-15)17(25)22-10-9-21-16(24)6-3-11-23-18(26)12-4-1-2-5-13(12)19(23)27/h1-2,4-5,7-8H,3,6,9-11H2,(H,21,24)(H,22,25). The fraction of sp³-hybridized carbons (Fsp3) is 0.263. The average molecular weight is 448 g/mol. The van der Waals surface area contributed by atoms with Crippen LogP contribution in [0, 0.1) is 0 Å². The van der Waals surface area contributed by atoms with Crippen LogP contribution in [-0.2, 0) is 4.79 Å². The van der Waals surface area contributed by atoms with Crippen molar-refractivity contribution >= 4 is 39.6 Å². The van der Waals surface area contributed by atoms with Crippen LogP contribution in [0.4, 0.5) is 0 Å². The molecular formula is C19H18BrN3O5. The Labute approximate surface area is 169 Å². The molecule has 0 spiro atoms. The summed E-state index contributed by atoms with van der Waals surface area (Å²) in [5.41, 5.74) is 0.799. The Hall–Kier alpha value is -2.94. The van der Waals surface area contributed by atoms with E-state index in [1.54, 1.807) is 30.3 Å². The highest BCUT2D eigenvalue weighted by molar-refractivity contribution is 9.10. The Bertz CT molecular complexity index is 889. The zero-order chi connectivity index (χ0) is 20.1. The van der Waals surface area contributed by atoms with Crippen LogP contribution >= 0.6 is 15.9 Å². The fourth-order valence-electron chi connectivity index (χ4n) is 2.83. The van der Waals surface area contributed by atoms with E-state index in [-0.39, 0.29) is 55.4 Å².